The molecule has 4 N–H and O–H groups in total. The number of allylic oxidation sites excluding steroid dienone is 16. The number of phosphoric acid groups is 2. The zero-order valence-electron chi connectivity index (χ0n) is 62.6. The fraction of sp³-hybridized carbons (Fsp3) is 0.765. The van der Waals surface area contributed by atoms with Gasteiger partial charge < -0.3 is 34.2 Å². The van der Waals surface area contributed by atoms with Crippen molar-refractivity contribution in [3.8, 4) is 0 Å². The van der Waals surface area contributed by atoms with Crippen LogP contribution in [0.1, 0.15) is 342 Å². The van der Waals surface area contributed by atoms with Crippen LogP contribution in [-0.2, 0) is 55.8 Å². The first kappa shape index (κ1) is 95.5. The Labute approximate surface area is 603 Å². The second-order valence-corrected chi connectivity index (χ2v) is 29.4. The van der Waals surface area contributed by atoms with E-state index in [4.69, 9.17) is 32.3 Å². The van der Waals surface area contributed by atoms with Crippen LogP contribution in [0.2, 0.25) is 0 Å². The number of carbonyl (C=O) groups excluding carboxylic acids is 3. The molecule has 0 aliphatic carbocycles. The first-order valence-corrected chi connectivity index (χ1v) is 42.5. The number of rotatable bonds is 75. The summed E-state index contributed by atoms with van der Waals surface area (Å²) < 4.78 is 61.1. The van der Waals surface area contributed by atoms with Gasteiger partial charge in [-0.15, -0.1) is 0 Å². The summed E-state index contributed by atoms with van der Waals surface area (Å²) in [6, 6.07) is 0. The van der Waals surface area contributed by atoms with Crippen molar-refractivity contribution in [2.45, 2.75) is 360 Å². The topological polar surface area (TPSA) is 231 Å². The van der Waals surface area contributed by atoms with Crippen molar-refractivity contribution in [2.24, 2.45) is 0 Å². The maximum absolute atomic E-state index is 12.9. The molecule has 0 aromatic rings. The molecule has 0 aliphatic rings. The third kappa shape index (κ3) is 75.5. The molecule has 0 aromatic heterocycles. The Morgan fingerprint density at radius 3 is 0.869 bits per heavy atom. The van der Waals surface area contributed by atoms with E-state index in [-0.39, 0.29) is 19.3 Å². The summed E-state index contributed by atoms with van der Waals surface area (Å²) in [7, 11) is -9.78. The maximum Gasteiger partial charge on any atom is 0.472 e. The Bertz CT molecular complexity index is 2190. The van der Waals surface area contributed by atoms with Crippen LogP contribution in [0.4, 0.5) is 0 Å². The van der Waals surface area contributed by atoms with Crippen LogP contribution >= 0.6 is 15.6 Å². The number of aliphatic hydroxyl groups is 2. The van der Waals surface area contributed by atoms with E-state index in [1.54, 1.807) is 0 Å². The summed E-state index contributed by atoms with van der Waals surface area (Å²) in [5, 5.41) is 20.6. The van der Waals surface area contributed by atoms with Crippen molar-refractivity contribution in [1.82, 2.24) is 0 Å². The number of hydrogen-bond donors (Lipinski definition) is 4. The lowest BCUT2D eigenvalue weighted by Gasteiger charge is -2.21. The van der Waals surface area contributed by atoms with E-state index >= 15 is 0 Å². The van der Waals surface area contributed by atoms with Gasteiger partial charge in [-0.1, -0.05) is 317 Å². The number of phosphoric ester groups is 2. The van der Waals surface area contributed by atoms with E-state index in [0.29, 0.717) is 19.3 Å². The lowest BCUT2D eigenvalue weighted by molar-refractivity contribution is -0.161. The summed E-state index contributed by atoms with van der Waals surface area (Å²) in [5.41, 5.74) is 0. The lowest BCUT2D eigenvalue weighted by atomic mass is 10.0. The molecule has 0 rings (SSSR count). The van der Waals surface area contributed by atoms with E-state index in [1.165, 1.54) is 154 Å². The molecule has 0 spiro atoms. The smallest absolute Gasteiger partial charge is 0.463 e. The van der Waals surface area contributed by atoms with Gasteiger partial charge in [-0.25, -0.2) is 9.13 Å². The molecule has 5 unspecified atom stereocenters. The third-order valence-corrected chi connectivity index (χ3v) is 18.7. The van der Waals surface area contributed by atoms with Crippen molar-refractivity contribution < 1.29 is 75.8 Å². The van der Waals surface area contributed by atoms with Crippen LogP contribution in [0.5, 0.6) is 0 Å². The lowest BCUT2D eigenvalue weighted by Crippen LogP contribution is -2.30. The van der Waals surface area contributed by atoms with Gasteiger partial charge in [-0.2, -0.15) is 0 Å². The minimum atomic E-state index is -4.93. The number of aliphatic hydroxyl groups excluding tert-OH is 2. The van der Waals surface area contributed by atoms with Gasteiger partial charge >= 0.3 is 33.6 Å². The molecule has 0 heterocycles. The highest BCUT2D eigenvalue weighted by Gasteiger charge is 2.29. The zero-order valence-corrected chi connectivity index (χ0v) is 64.4. The number of carbonyl (C=O) groups is 3. The summed E-state index contributed by atoms with van der Waals surface area (Å²) in [5.74, 6) is -1.58. The average molecular weight is 1440 g/mol. The van der Waals surface area contributed by atoms with E-state index in [0.717, 1.165) is 128 Å². The minimum Gasteiger partial charge on any atom is -0.463 e. The van der Waals surface area contributed by atoms with Crippen molar-refractivity contribution >= 4 is 33.6 Å². The predicted octanol–water partition coefficient (Wildman–Crippen LogP) is 23.0. The molecule has 0 fully saturated rings. The highest BCUT2D eigenvalue weighted by atomic mass is 31.2. The van der Waals surface area contributed by atoms with E-state index in [9.17, 15) is 43.5 Å². The summed E-state index contributed by atoms with van der Waals surface area (Å²) >= 11 is 0. The molecule has 5 atom stereocenters. The Hall–Kier alpha value is -3.53. The molecule has 18 heteroatoms. The highest BCUT2D eigenvalue weighted by Crippen LogP contribution is 2.45. The van der Waals surface area contributed by atoms with Crippen molar-refractivity contribution in [2.75, 3.05) is 39.6 Å². The van der Waals surface area contributed by atoms with E-state index in [1.807, 2.05) is 0 Å². The van der Waals surface area contributed by atoms with Crippen molar-refractivity contribution in [3.63, 3.8) is 0 Å². The minimum absolute atomic E-state index is 0.105. The molecular formula is C81H144O16P2. The SMILES string of the molecule is CC/C=C\C/C=C\C/C=C\C/C=C\CCCCCCCCC(=O)OCC(COP(=O)(O)OCC(O)COP(=O)(O)OCC(O)COC(=O)CCCCCCCCCCCCCCCCC/C=C\C/C=C\C/C=C\C/C=C\CCCCC)OC(=O)CCCCCCCCCCCCCCC. The van der Waals surface area contributed by atoms with Crippen LogP contribution < -0.4 is 0 Å². The van der Waals surface area contributed by atoms with Gasteiger partial charge in [0.1, 0.15) is 25.4 Å². The summed E-state index contributed by atoms with van der Waals surface area (Å²) in [6.07, 6.45) is 84.6. The number of hydrogen-bond acceptors (Lipinski definition) is 14. The second kappa shape index (κ2) is 74.2. The average Bonchev–Trinajstić information content (AvgIpc) is 1.06. The monoisotopic (exact) mass is 1430 g/mol. The molecule has 0 aromatic carbocycles. The normalized spacial score (nSPS) is 14.5. The van der Waals surface area contributed by atoms with Gasteiger partial charge in [0.2, 0.25) is 0 Å². The maximum atomic E-state index is 12.9. The molecule has 0 saturated heterocycles. The number of esters is 3. The summed E-state index contributed by atoms with van der Waals surface area (Å²) in [6.45, 7) is 2.56. The molecule has 574 valence electrons. The second-order valence-electron chi connectivity index (χ2n) is 26.5. The highest BCUT2D eigenvalue weighted by molar-refractivity contribution is 7.47. The number of ether oxygens (including phenoxy) is 3. The zero-order chi connectivity index (χ0) is 72.3. The quantitative estimate of drug-likeness (QED) is 0.0146. The van der Waals surface area contributed by atoms with Gasteiger partial charge in [0.05, 0.1) is 26.4 Å². The molecule has 0 bridgehead atoms. The van der Waals surface area contributed by atoms with E-state index in [2.05, 4.69) is 118 Å². The molecule has 0 saturated carbocycles. The molecule has 0 radical (unpaired) electrons. The van der Waals surface area contributed by atoms with Crippen LogP contribution in [0.15, 0.2) is 97.2 Å². The standard InChI is InChI=1S/C81H144O16P2/c1-4-7-10-13-16-19-22-25-27-29-31-32-33-34-35-36-37-38-39-40-41-42-44-46-47-50-52-55-58-61-64-67-79(84)91-70-76(82)71-93-98(87,88)94-72-77(83)73-95-99(89,90)96-75-78(97-81(86)69-66-63-60-57-54-49-24-21-18-15-12-9-6-3)74-92-80(85)68-65-62-59-56-53-51-48-45-43-30-28-26-23-20-17-14-11-8-5-2/h8,11,16-17,19-20,25-28,31-32,34-35,43,45,76-78,82-83H,4-7,9-10,12-15,18,21-24,29-30,33,36-42,44,46-75H2,1-3H3,(H,87,88)(H,89,90)/b11-8-,19-16-,20-17-,27-25-,28-26-,32-31-,35-34-,45-43-. The fourth-order valence-electron chi connectivity index (χ4n) is 10.8. The molecule has 0 amide bonds. The Kier molecular flexibility index (Phi) is 71.6. The van der Waals surface area contributed by atoms with Crippen LogP contribution in [0.25, 0.3) is 0 Å². The first-order chi connectivity index (χ1) is 48.2. The van der Waals surface area contributed by atoms with Gasteiger partial charge in [0.25, 0.3) is 0 Å². The first-order valence-electron chi connectivity index (χ1n) is 39.5. The Morgan fingerprint density at radius 2 is 0.535 bits per heavy atom. The van der Waals surface area contributed by atoms with Crippen molar-refractivity contribution in [3.05, 3.63) is 97.2 Å². The molecular weight excluding hydrogens is 1290 g/mol. The largest absolute Gasteiger partial charge is 0.472 e. The Morgan fingerprint density at radius 1 is 0.293 bits per heavy atom. The van der Waals surface area contributed by atoms with Gasteiger partial charge in [-0.05, 0) is 103 Å². The van der Waals surface area contributed by atoms with Crippen LogP contribution in [0.3, 0.4) is 0 Å². The van der Waals surface area contributed by atoms with Gasteiger partial charge in [-0.3, -0.25) is 32.5 Å². The fourth-order valence-corrected chi connectivity index (χ4v) is 12.4. The predicted molar refractivity (Wildman–Crippen MR) is 408 cm³/mol. The molecule has 0 aliphatic heterocycles. The van der Waals surface area contributed by atoms with Crippen molar-refractivity contribution in [1.29, 1.82) is 0 Å². The van der Waals surface area contributed by atoms with Gasteiger partial charge in [0, 0.05) is 19.3 Å². The van der Waals surface area contributed by atoms with Crippen LogP contribution in [-0.4, -0.2) is 95.9 Å². The molecule has 99 heavy (non-hydrogen) atoms. The van der Waals surface area contributed by atoms with Crippen LogP contribution in [0, 0.1) is 0 Å². The Balaban J connectivity index is 4.43. The molecule has 16 nitrogen and oxygen atoms in total. The van der Waals surface area contributed by atoms with E-state index < -0.39 is 91.5 Å². The number of unbranched alkanes of at least 4 members (excludes halogenated alkanes) is 36. The third-order valence-electron chi connectivity index (χ3n) is 16.8. The van der Waals surface area contributed by atoms with Gasteiger partial charge in [0.15, 0.2) is 6.10 Å². The summed E-state index contributed by atoms with van der Waals surface area (Å²) in [4.78, 5) is 58.6.